The number of Topliss-reactive ketones (excluding diaryl/α,β-unsaturated/α-hetero) is 1. The lowest BCUT2D eigenvalue weighted by Gasteiger charge is -2.12. The standard InChI is InChI=1S/C15H22O2/c1-10(2)12-9-14-15(4,17-14)7-5-6-11(3)8-13(12)16/h6,14H,5,7-9H2,1-4H3/t14-,15+/m1/s1. The second kappa shape index (κ2) is 4.41. The first-order valence-corrected chi connectivity index (χ1v) is 6.45. The Morgan fingerprint density at radius 1 is 1.47 bits per heavy atom. The Kier molecular flexibility index (Phi) is 3.26. The number of hydrogen-bond acceptors (Lipinski definition) is 2. The molecule has 0 unspecified atom stereocenters. The molecule has 0 spiro atoms. The molecule has 2 heteroatoms. The third-order valence-electron chi connectivity index (χ3n) is 3.94. The number of fused-ring (bicyclic) bond motifs is 1. The van der Waals surface area contributed by atoms with Gasteiger partial charge >= 0.3 is 0 Å². The molecule has 1 heterocycles. The summed E-state index contributed by atoms with van der Waals surface area (Å²) in [5, 5.41) is 0. The van der Waals surface area contributed by atoms with E-state index >= 15 is 0 Å². The number of carbonyl (C=O) groups excluding carboxylic acids is 1. The van der Waals surface area contributed by atoms with E-state index in [1.54, 1.807) is 0 Å². The van der Waals surface area contributed by atoms with E-state index in [0.29, 0.717) is 6.42 Å². The Hall–Kier alpha value is -0.890. The molecule has 0 aromatic carbocycles. The highest BCUT2D eigenvalue weighted by Gasteiger charge is 2.51. The van der Waals surface area contributed by atoms with Gasteiger partial charge in [-0.05, 0) is 46.1 Å². The van der Waals surface area contributed by atoms with Crippen LogP contribution in [0.4, 0.5) is 0 Å². The van der Waals surface area contributed by atoms with Crippen LogP contribution in [0.1, 0.15) is 53.4 Å². The maximum atomic E-state index is 12.2. The van der Waals surface area contributed by atoms with Crippen molar-refractivity contribution in [1.29, 1.82) is 0 Å². The lowest BCUT2D eigenvalue weighted by atomic mass is 9.89. The zero-order valence-corrected chi connectivity index (χ0v) is 11.3. The molecule has 2 aliphatic rings. The molecule has 94 valence electrons. The van der Waals surface area contributed by atoms with Gasteiger partial charge in [-0.2, -0.15) is 0 Å². The summed E-state index contributed by atoms with van der Waals surface area (Å²) in [7, 11) is 0. The highest BCUT2D eigenvalue weighted by Crippen LogP contribution is 2.45. The fourth-order valence-electron chi connectivity index (χ4n) is 2.59. The van der Waals surface area contributed by atoms with Crippen molar-refractivity contribution in [1.82, 2.24) is 0 Å². The number of carbonyl (C=O) groups is 1. The molecule has 2 atom stereocenters. The maximum Gasteiger partial charge on any atom is 0.162 e. The highest BCUT2D eigenvalue weighted by atomic mass is 16.6. The van der Waals surface area contributed by atoms with E-state index < -0.39 is 0 Å². The highest BCUT2D eigenvalue weighted by molar-refractivity contribution is 5.97. The van der Waals surface area contributed by atoms with Crippen molar-refractivity contribution in [2.75, 3.05) is 0 Å². The molecule has 0 N–H and O–H groups in total. The smallest absolute Gasteiger partial charge is 0.162 e. The van der Waals surface area contributed by atoms with Crippen LogP contribution in [-0.4, -0.2) is 17.5 Å². The summed E-state index contributed by atoms with van der Waals surface area (Å²) in [6, 6.07) is 0. The van der Waals surface area contributed by atoms with Crippen LogP contribution < -0.4 is 0 Å². The predicted octanol–water partition coefficient (Wildman–Crippen LogP) is 3.57. The third-order valence-corrected chi connectivity index (χ3v) is 3.94. The van der Waals surface area contributed by atoms with Gasteiger partial charge in [0, 0.05) is 12.8 Å². The molecule has 0 aromatic rings. The van der Waals surface area contributed by atoms with E-state index in [1.165, 1.54) is 5.57 Å². The van der Waals surface area contributed by atoms with Gasteiger partial charge in [0.05, 0.1) is 11.7 Å². The van der Waals surface area contributed by atoms with Gasteiger partial charge in [0.1, 0.15) is 0 Å². The second-order valence-corrected chi connectivity index (χ2v) is 5.79. The van der Waals surface area contributed by atoms with Crippen molar-refractivity contribution in [3.63, 3.8) is 0 Å². The first-order chi connectivity index (χ1) is 7.92. The first kappa shape index (κ1) is 12.6. The van der Waals surface area contributed by atoms with Crippen LogP contribution in [0.5, 0.6) is 0 Å². The number of rotatable bonds is 0. The van der Waals surface area contributed by atoms with Gasteiger partial charge in [-0.15, -0.1) is 0 Å². The molecule has 1 saturated heterocycles. The zero-order valence-electron chi connectivity index (χ0n) is 11.3. The molecule has 0 saturated carbocycles. The van der Waals surface area contributed by atoms with Crippen LogP contribution in [0.15, 0.2) is 22.8 Å². The summed E-state index contributed by atoms with van der Waals surface area (Å²) >= 11 is 0. The van der Waals surface area contributed by atoms with Gasteiger partial charge in [-0.25, -0.2) is 0 Å². The normalized spacial score (nSPS) is 33.9. The molecule has 17 heavy (non-hydrogen) atoms. The zero-order chi connectivity index (χ0) is 12.6. The van der Waals surface area contributed by atoms with Crippen LogP contribution in [0, 0.1) is 0 Å². The molecule has 2 rings (SSSR count). The molecule has 1 fully saturated rings. The summed E-state index contributed by atoms with van der Waals surface area (Å²) in [6.07, 6.45) is 5.91. The fourth-order valence-corrected chi connectivity index (χ4v) is 2.59. The van der Waals surface area contributed by atoms with Crippen molar-refractivity contribution >= 4 is 5.78 Å². The minimum Gasteiger partial charge on any atom is -0.366 e. The largest absolute Gasteiger partial charge is 0.366 e. The number of ether oxygens (including phenoxy) is 1. The van der Waals surface area contributed by atoms with Gasteiger partial charge in [0.2, 0.25) is 0 Å². The SMILES string of the molecule is CC1=CCC[C@]2(C)O[C@@H]2CC(=C(C)C)C(=O)C1. The van der Waals surface area contributed by atoms with Gasteiger partial charge in [-0.3, -0.25) is 4.79 Å². The van der Waals surface area contributed by atoms with E-state index in [0.717, 1.165) is 30.4 Å². The average molecular weight is 234 g/mol. The summed E-state index contributed by atoms with van der Waals surface area (Å²) in [5.74, 6) is 0.276. The van der Waals surface area contributed by atoms with Crippen molar-refractivity contribution in [3.05, 3.63) is 22.8 Å². The number of hydrogen-bond donors (Lipinski definition) is 0. The monoisotopic (exact) mass is 234 g/mol. The number of allylic oxidation sites excluding steroid dienone is 3. The van der Waals surface area contributed by atoms with E-state index in [9.17, 15) is 4.79 Å². The minimum absolute atomic E-state index is 0.00903. The molecule has 0 bridgehead atoms. The van der Waals surface area contributed by atoms with Crippen molar-refractivity contribution in [2.45, 2.75) is 65.1 Å². The quantitative estimate of drug-likeness (QED) is 0.364. The Morgan fingerprint density at radius 3 is 2.82 bits per heavy atom. The Labute approximate surface area is 104 Å². The molecule has 2 nitrogen and oxygen atoms in total. The summed E-state index contributed by atoms with van der Waals surface area (Å²) < 4.78 is 5.78. The maximum absolute atomic E-state index is 12.2. The van der Waals surface area contributed by atoms with Crippen LogP contribution >= 0.6 is 0 Å². The van der Waals surface area contributed by atoms with E-state index in [2.05, 4.69) is 19.9 Å². The summed E-state index contributed by atoms with van der Waals surface area (Å²) in [6.45, 7) is 8.26. The van der Waals surface area contributed by atoms with Gasteiger partial charge in [0.15, 0.2) is 5.78 Å². The van der Waals surface area contributed by atoms with E-state index in [-0.39, 0.29) is 17.5 Å². The molecular formula is C15H22O2. The molecule has 1 aliphatic carbocycles. The number of epoxide rings is 1. The van der Waals surface area contributed by atoms with Gasteiger partial charge in [0.25, 0.3) is 0 Å². The molecule has 0 amide bonds. The lowest BCUT2D eigenvalue weighted by Crippen LogP contribution is -2.15. The van der Waals surface area contributed by atoms with Crippen molar-refractivity contribution in [3.8, 4) is 0 Å². The average Bonchev–Trinajstić information content (AvgIpc) is 2.84. The topological polar surface area (TPSA) is 29.6 Å². The molecule has 0 aromatic heterocycles. The van der Waals surface area contributed by atoms with Crippen molar-refractivity contribution < 1.29 is 9.53 Å². The summed E-state index contributed by atoms with van der Waals surface area (Å²) in [4.78, 5) is 12.2. The molecular weight excluding hydrogens is 212 g/mol. The predicted molar refractivity (Wildman–Crippen MR) is 68.9 cm³/mol. The van der Waals surface area contributed by atoms with Crippen LogP contribution in [0.25, 0.3) is 0 Å². The van der Waals surface area contributed by atoms with Gasteiger partial charge < -0.3 is 4.74 Å². The molecule has 0 radical (unpaired) electrons. The second-order valence-electron chi connectivity index (χ2n) is 5.79. The fraction of sp³-hybridized carbons (Fsp3) is 0.667. The Balaban J connectivity index is 2.25. The van der Waals surface area contributed by atoms with Crippen molar-refractivity contribution in [2.24, 2.45) is 0 Å². The van der Waals surface area contributed by atoms with Crippen LogP contribution in [-0.2, 0) is 9.53 Å². The van der Waals surface area contributed by atoms with Crippen LogP contribution in [0.2, 0.25) is 0 Å². The van der Waals surface area contributed by atoms with Crippen LogP contribution in [0.3, 0.4) is 0 Å². The first-order valence-electron chi connectivity index (χ1n) is 6.45. The minimum atomic E-state index is 0.00903. The number of ketones is 1. The van der Waals surface area contributed by atoms with E-state index in [4.69, 9.17) is 4.74 Å². The molecule has 1 aliphatic heterocycles. The Morgan fingerprint density at radius 2 is 2.18 bits per heavy atom. The lowest BCUT2D eigenvalue weighted by molar-refractivity contribution is -0.115. The third kappa shape index (κ3) is 2.68. The summed E-state index contributed by atoms with van der Waals surface area (Å²) in [5.41, 5.74) is 3.32. The van der Waals surface area contributed by atoms with Gasteiger partial charge in [-0.1, -0.05) is 17.2 Å². The Bertz CT molecular complexity index is 399. The van der Waals surface area contributed by atoms with E-state index in [1.807, 2.05) is 13.8 Å².